The Morgan fingerprint density at radius 1 is 1.10 bits per heavy atom. The zero-order chi connectivity index (χ0) is 14.5. The average molecular weight is 286 g/mol. The standard InChI is InChI=1S/C16H14O3S/c1-20-14-6-2-11(3-7-14)15(18)8-4-12-10-13(17)5-9-16(12)19/h2-10,17,19H,1H3/b8-4+. The van der Waals surface area contributed by atoms with Crippen molar-refractivity contribution in [3.05, 3.63) is 59.7 Å². The Labute approximate surface area is 121 Å². The molecule has 0 fully saturated rings. The summed E-state index contributed by atoms with van der Waals surface area (Å²) >= 11 is 1.61. The summed E-state index contributed by atoms with van der Waals surface area (Å²) in [6.07, 6.45) is 4.84. The molecule has 102 valence electrons. The van der Waals surface area contributed by atoms with Crippen LogP contribution in [-0.4, -0.2) is 22.3 Å². The quantitative estimate of drug-likeness (QED) is 0.389. The van der Waals surface area contributed by atoms with Crippen molar-refractivity contribution in [2.24, 2.45) is 0 Å². The van der Waals surface area contributed by atoms with Crippen LogP contribution < -0.4 is 0 Å². The van der Waals surface area contributed by atoms with E-state index in [1.165, 1.54) is 30.4 Å². The van der Waals surface area contributed by atoms with Gasteiger partial charge in [-0.3, -0.25) is 4.79 Å². The van der Waals surface area contributed by atoms with E-state index >= 15 is 0 Å². The zero-order valence-electron chi connectivity index (χ0n) is 10.9. The molecule has 2 aromatic carbocycles. The maximum absolute atomic E-state index is 12.0. The highest BCUT2D eigenvalue weighted by atomic mass is 32.2. The highest BCUT2D eigenvalue weighted by molar-refractivity contribution is 7.98. The molecular weight excluding hydrogens is 272 g/mol. The third-order valence-electron chi connectivity index (χ3n) is 2.80. The van der Waals surface area contributed by atoms with E-state index in [0.29, 0.717) is 11.1 Å². The van der Waals surface area contributed by atoms with Crippen LogP contribution in [0.1, 0.15) is 15.9 Å². The number of hydrogen-bond donors (Lipinski definition) is 2. The fourth-order valence-electron chi connectivity index (χ4n) is 1.69. The van der Waals surface area contributed by atoms with Gasteiger partial charge in [-0.05, 0) is 60.9 Å². The first-order valence-electron chi connectivity index (χ1n) is 5.98. The molecule has 2 aromatic rings. The SMILES string of the molecule is CSc1ccc(C(=O)/C=C/c2cc(O)ccc2O)cc1. The number of phenolic OH excluding ortho intramolecular Hbond substituents is 2. The third kappa shape index (κ3) is 3.42. The first kappa shape index (κ1) is 14.2. The normalized spacial score (nSPS) is 10.8. The van der Waals surface area contributed by atoms with Gasteiger partial charge in [0, 0.05) is 16.0 Å². The van der Waals surface area contributed by atoms with Gasteiger partial charge >= 0.3 is 0 Å². The van der Waals surface area contributed by atoms with Crippen LogP contribution in [0.2, 0.25) is 0 Å². The second-order valence-corrected chi connectivity index (χ2v) is 5.05. The highest BCUT2D eigenvalue weighted by Gasteiger charge is 2.03. The van der Waals surface area contributed by atoms with Crippen molar-refractivity contribution < 1.29 is 15.0 Å². The van der Waals surface area contributed by atoms with Crippen molar-refractivity contribution in [2.75, 3.05) is 6.26 Å². The van der Waals surface area contributed by atoms with Crippen LogP contribution in [0.5, 0.6) is 11.5 Å². The predicted octanol–water partition coefficient (Wildman–Crippen LogP) is 3.72. The number of ketones is 1. The van der Waals surface area contributed by atoms with Crippen LogP contribution >= 0.6 is 11.8 Å². The van der Waals surface area contributed by atoms with Gasteiger partial charge in [0.15, 0.2) is 5.78 Å². The zero-order valence-corrected chi connectivity index (χ0v) is 11.7. The van der Waals surface area contributed by atoms with Gasteiger partial charge in [0.25, 0.3) is 0 Å². The van der Waals surface area contributed by atoms with Crippen molar-refractivity contribution in [1.29, 1.82) is 0 Å². The molecule has 4 heteroatoms. The maximum Gasteiger partial charge on any atom is 0.185 e. The topological polar surface area (TPSA) is 57.5 Å². The van der Waals surface area contributed by atoms with Gasteiger partial charge in [0.1, 0.15) is 11.5 Å². The Bertz CT molecular complexity index is 645. The fraction of sp³-hybridized carbons (Fsp3) is 0.0625. The van der Waals surface area contributed by atoms with Crippen LogP contribution in [0.25, 0.3) is 6.08 Å². The molecule has 0 aliphatic carbocycles. The molecule has 0 aromatic heterocycles. The molecule has 0 spiro atoms. The number of aromatic hydroxyl groups is 2. The minimum Gasteiger partial charge on any atom is -0.508 e. The summed E-state index contributed by atoms with van der Waals surface area (Å²) in [6, 6.07) is 11.5. The van der Waals surface area contributed by atoms with Gasteiger partial charge in [-0.2, -0.15) is 0 Å². The van der Waals surface area contributed by atoms with Crippen LogP contribution in [0.15, 0.2) is 53.4 Å². The minimum absolute atomic E-state index is 0.0181. The highest BCUT2D eigenvalue weighted by Crippen LogP contribution is 2.23. The Morgan fingerprint density at radius 2 is 1.80 bits per heavy atom. The number of hydrogen-bond acceptors (Lipinski definition) is 4. The molecule has 0 aliphatic rings. The van der Waals surface area contributed by atoms with Crippen molar-refractivity contribution in [3.8, 4) is 11.5 Å². The van der Waals surface area contributed by atoms with Crippen LogP contribution in [0, 0.1) is 0 Å². The van der Waals surface area contributed by atoms with Gasteiger partial charge in [0.05, 0.1) is 0 Å². The van der Waals surface area contributed by atoms with Crippen molar-refractivity contribution in [2.45, 2.75) is 4.90 Å². The second kappa shape index (κ2) is 6.30. The van der Waals surface area contributed by atoms with Gasteiger partial charge in [-0.25, -0.2) is 0 Å². The van der Waals surface area contributed by atoms with E-state index in [2.05, 4.69) is 0 Å². The summed E-state index contributed by atoms with van der Waals surface area (Å²) in [6.45, 7) is 0. The number of rotatable bonds is 4. The molecule has 2 N–H and O–H groups in total. The lowest BCUT2D eigenvalue weighted by Crippen LogP contribution is -1.93. The Hall–Kier alpha value is -2.20. The van der Waals surface area contributed by atoms with E-state index in [4.69, 9.17) is 0 Å². The molecule has 20 heavy (non-hydrogen) atoms. The van der Waals surface area contributed by atoms with E-state index < -0.39 is 0 Å². The Morgan fingerprint density at radius 3 is 2.45 bits per heavy atom. The first-order chi connectivity index (χ1) is 9.60. The molecule has 0 heterocycles. The van der Waals surface area contributed by atoms with E-state index in [1.54, 1.807) is 23.9 Å². The largest absolute Gasteiger partial charge is 0.508 e. The summed E-state index contributed by atoms with van der Waals surface area (Å²) in [5.74, 6) is -0.0933. The lowest BCUT2D eigenvalue weighted by molar-refractivity contribution is 0.104. The number of thioether (sulfide) groups is 1. The van der Waals surface area contributed by atoms with Gasteiger partial charge < -0.3 is 10.2 Å². The number of benzene rings is 2. The van der Waals surface area contributed by atoms with E-state index in [0.717, 1.165) is 4.90 Å². The van der Waals surface area contributed by atoms with E-state index in [9.17, 15) is 15.0 Å². The summed E-state index contributed by atoms with van der Waals surface area (Å²) < 4.78 is 0. The van der Waals surface area contributed by atoms with Crippen LogP contribution in [-0.2, 0) is 0 Å². The molecule has 0 saturated carbocycles. The molecular formula is C16H14O3S. The summed E-state index contributed by atoms with van der Waals surface area (Å²) in [7, 11) is 0. The molecule has 0 atom stereocenters. The van der Waals surface area contributed by atoms with Crippen molar-refractivity contribution in [1.82, 2.24) is 0 Å². The molecule has 0 amide bonds. The fourth-order valence-corrected chi connectivity index (χ4v) is 2.10. The maximum atomic E-state index is 12.0. The Balaban J connectivity index is 2.17. The Kier molecular flexibility index (Phi) is 4.48. The van der Waals surface area contributed by atoms with E-state index in [1.807, 2.05) is 18.4 Å². The molecule has 0 unspecified atom stereocenters. The molecule has 0 saturated heterocycles. The molecule has 0 bridgehead atoms. The molecule has 3 nitrogen and oxygen atoms in total. The predicted molar refractivity (Wildman–Crippen MR) is 81.4 cm³/mol. The number of carbonyl (C=O) groups excluding carboxylic acids is 1. The average Bonchev–Trinajstić information content (AvgIpc) is 2.48. The molecule has 0 aliphatic heterocycles. The summed E-state index contributed by atoms with van der Waals surface area (Å²) in [5.41, 5.74) is 0.984. The minimum atomic E-state index is -0.152. The van der Waals surface area contributed by atoms with Crippen molar-refractivity contribution in [3.63, 3.8) is 0 Å². The monoisotopic (exact) mass is 286 g/mol. The van der Waals surface area contributed by atoms with E-state index in [-0.39, 0.29) is 17.3 Å². The first-order valence-corrected chi connectivity index (χ1v) is 7.21. The third-order valence-corrected chi connectivity index (χ3v) is 3.54. The van der Waals surface area contributed by atoms with Gasteiger partial charge in [-0.1, -0.05) is 0 Å². The lowest BCUT2D eigenvalue weighted by atomic mass is 10.1. The van der Waals surface area contributed by atoms with Gasteiger partial charge in [-0.15, -0.1) is 11.8 Å². The smallest absolute Gasteiger partial charge is 0.185 e. The second-order valence-electron chi connectivity index (χ2n) is 4.17. The number of allylic oxidation sites excluding steroid dienone is 1. The number of phenols is 2. The summed E-state index contributed by atoms with van der Waals surface area (Å²) in [5, 5.41) is 19.0. The van der Waals surface area contributed by atoms with Crippen LogP contribution in [0.3, 0.4) is 0 Å². The number of carbonyl (C=O) groups is 1. The van der Waals surface area contributed by atoms with Crippen LogP contribution in [0.4, 0.5) is 0 Å². The van der Waals surface area contributed by atoms with Crippen molar-refractivity contribution >= 4 is 23.6 Å². The lowest BCUT2D eigenvalue weighted by Gasteiger charge is -2.00. The summed E-state index contributed by atoms with van der Waals surface area (Å²) in [4.78, 5) is 13.1. The molecule has 0 radical (unpaired) electrons. The molecule has 2 rings (SSSR count). The van der Waals surface area contributed by atoms with Gasteiger partial charge in [0.2, 0.25) is 0 Å².